The summed E-state index contributed by atoms with van der Waals surface area (Å²) in [5.41, 5.74) is 4.08. The second-order valence-corrected chi connectivity index (χ2v) is 22.1. The number of hydrogen-bond donors (Lipinski definition) is 1. The predicted molar refractivity (Wildman–Crippen MR) is 316 cm³/mol. The van der Waals surface area contributed by atoms with Crippen LogP contribution in [0.3, 0.4) is 0 Å². The zero-order valence-electron chi connectivity index (χ0n) is 47.6. The van der Waals surface area contributed by atoms with E-state index in [4.69, 9.17) is 77.8 Å². The van der Waals surface area contributed by atoms with Gasteiger partial charge in [-0.3, -0.25) is 9.89 Å². The SMILES string of the molecule is CC1(C)OB(c2ccnn2C2CCCCO2)OC1(C)C.Fc1cc(Cl)cnc1Oc1ccc(-c2ccn[nH]2)cc1.Fc1cc(Cl)cnc1Oc1ccc(-c2ccnn2C2CCCCO2)cc1.Fc1cc(Cl)cnc1Oc1ccc(Br)cc1.O=CO[O-].[Na+]. The molecule has 0 amide bonds. The van der Waals surface area contributed by atoms with Gasteiger partial charge in [-0.1, -0.05) is 50.7 Å². The fraction of sp³-hybridized carbons (Fsp3) is 0.271. The monoisotopic (exact) mass is 1330 g/mol. The average Bonchev–Trinajstić information content (AvgIpc) is 1.74. The third kappa shape index (κ3) is 19.3. The van der Waals surface area contributed by atoms with Gasteiger partial charge in [-0.25, -0.2) is 37.5 Å². The summed E-state index contributed by atoms with van der Waals surface area (Å²) in [7, 11) is -0.381. The molecule has 3 saturated heterocycles. The van der Waals surface area contributed by atoms with Crippen molar-refractivity contribution >= 4 is 69.9 Å². The summed E-state index contributed by atoms with van der Waals surface area (Å²) in [5, 5.41) is 24.7. The van der Waals surface area contributed by atoms with Crippen LogP contribution in [0, 0.1) is 17.5 Å². The number of nitrogens with zero attached hydrogens (tertiary/aromatic N) is 8. The van der Waals surface area contributed by atoms with Gasteiger partial charge in [-0.15, -0.1) is 0 Å². The average molecular weight is 1330 g/mol. The number of pyridine rings is 3. The van der Waals surface area contributed by atoms with E-state index in [0.717, 1.165) is 90.0 Å². The maximum Gasteiger partial charge on any atom is 1.00 e. The first-order valence-electron chi connectivity index (χ1n) is 26.7. The molecule has 3 aromatic carbocycles. The van der Waals surface area contributed by atoms with Gasteiger partial charge in [0.25, 0.3) is 24.1 Å². The topological polar surface area (TPSA) is 217 Å². The standard InChI is InChI=1S/C19H17ClFN3O2.C14H23BN2O3.C14H9ClFN3O.C11H6BrClFNO.CH2O3.Na/c20-14-11-16(21)19(22-12-14)26-15-6-4-13(5-7-15)17-8-9-23-24(17)18-3-1-2-10-25-18;1-13(2)14(3,4)20-15(19-13)11-8-9-16-17(11)12-7-5-6-10-18-12;15-10-7-12(16)14(17-8-10)20-11-3-1-9(2-4-11)13-5-6-18-19-13;12-7-1-3-9(4-2-7)16-11-10(14)5-8(13)6-15-11;2-1-4-3;/h4-9,11-12,18H,1-3,10H2;8-9,12H,5-7,10H2,1-4H3;1-8H,(H,18,19);1-6H;1,3H;/q;;;;;+1/p-1. The van der Waals surface area contributed by atoms with Gasteiger partial charge in [-0.2, -0.15) is 15.3 Å². The summed E-state index contributed by atoms with van der Waals surface area (Å²) >= 11 is 20.2. The minimum Gasteiger partial charge on any atom is -0.662 e. The minimum atomic E-state index is -0.603. The molecule has 12 rings (SSSR count). The fourth-order valence-electron chi connectivity index (χ4n) is 8.40. The number of hydrogen-bond acceptors (Lipinski definition) is 16. The first-order chi connectivity index (χ1) is 41.4. The third-order valence-corrected chi connectivity index (χ3v) is 14.5. The Kier molecular flexibility index (Phi) is 25.6. The number of aromatic amines is 1. The molecule has 2 atom stereocenters. The van der Waals surface area contributed by atoms with Crippen LogP contribution in [-0.2, 0) is 28.5 Å². The number of ether oxygens (including phenoxy) is 5. The molecule has 9 aromatic rings. The van der Waals surface area contributed by atoms with Gasteiger partial charge in [0.15, 0.2) is 23.7 Å². The molecule has 87 heavy (non-hydrogen) atoms. The molecule has 0 spiro atoms. The number of rotatable bonds is 12. The van der Waals surface area contributed by atoms with Gasteiger partial charge < -0.3 is 43.1 Å². The summed E-state index contributed by atoms with van der Waals surface area (Å²) in [5.74, 6) is -0.612. The van der Waals surface area contributed by atoms with Crippen LogP contribution in [0.25, 0.3) is 22.5 Å². The number of nitrogens with one attached hydrogen (secondary N) is 1. The minimum absolute atomic E-state index is 0. The first-order valence-corrected chi connectivity index (χ1v) is 28.6. The van der Waals surface area contributed by atoms with Crippen LogP contribution in [-0.4, -0.2) is 82.7 Å². The molecule has 28 heteroatoms. The van der Waals surface area contributed by atoms with E-state index in [0.29, 0.717) is 17.2 Å². The first kappa shape index (κ1) is 68.1. The van der Waals surface area contributed by atoms with E-state index in [-0.39, 0.29) is 99.5 Å². The van der Waals surface area contributed by atoms with E-state index < -0.39 is 17.5 Å². The van der Waals surface area contributed by atoms with E-state index >= 15 is 0 Å². The van der Waals surface area contributed by atoms with Crippen molar-refractivity contribution in [3.63, 3.8) is 0 Å². The molecule has 6 aromatic heterocycles. The van der Waals surface area contributed by atoms with Crippen molar-refractivity contribution in [3.05, 3.63) is 183 Å². The summed E-state index contributed by atoms with van der Waals surface area (Å²) in [6, 6.07) is 30.7. The Bertz CT molecular complexity index is 3580. The van der Waals surface area contributed by atoms with Gasteiger partial charge in [0.2, 0.25) is 0 Å². The van der Waals surface area contributed by atoms with Gasteiger partial charge in [0.1, 0.15) is 23.5 Å². The van der Waals surface area contributed by atoms with Crippen molar-refractivity contribution in [2.24, 2.45) is 0 Å². The quantitative estimate of drug-likeness (QED) is 0.0521. The Morgan fingerprint density at radius 3 is 1.46 bits per heavy atom. The van der Waals surface area contributed by atoms with Crippen LogP contribution >= 0.6 is 50.7 Å². The van der Waals surface area contributed by atoms with Crippen LogP contribution in [0.5, 0.6) is 34.9 Å². The molecule has 3 fully saturated rings. The Hall–Kier alpha value is -6.39. The smallest absolute Gasteiger partial charge is 0.662 e. The van der Waals surface area contributed by atoms with Crippen LogP contribution in [0.15, 0.2) is 151 Å². The Labute approximate surface area is 545 Å². The molecule has 0 aliphatic carbocycles. The van der Waals surface area contributed by atoms with Crippen LogP contribution in [0.4, 0.5) is 13.2 Å². The number of benzene rings is 3. The summed E-state index contributed by atoms with van der Waals surface area (Å²) in [4.78, 5) is 22.7. The second kappa shape index (κ2) is 32.7. The molecule has 0 saturated carbocycles. The predicted octanol–water partition coefficient (Wildman–Crippen LogP) is 11.0. The van der Waals surface area contributed by atoms with E-state index in [1.807, 2.05) is 51.8 Å². The van der Waals surface area contributed by atoms with E-state index in [1.165, 1.54) is 31.1 Å². The number of H-pyrrole nitrogens is 1. The van der Waals surface area contributed by atoms with Crippen molar-refractivity contribution < 1.29 is 90.7 Å². The zero-order valence-corrected chi connectivity index (χ0v) is 53.5. The molecule has 9 heterocycles. The molecule has 0 bridgehead atoms. The maximum atomic E-state index is 13.8. The summed E-state index contributed by atoms with van der Waals surface area (Å²) in [6.07, 6.45) is 15.7. The zero-order chi connectivity index (χ0) is 61.2. The van der Waals surface area contributed by atoms with Crippen LogP contribution in [0.2, 0.25) is 15.1 Å². The Morgan fingerprint density at radius 1 is 0.621 bits per heavy atom. The van der Waals surface area contributed by atoms with E-state index in [1.54, 1.807) is 67.1 Å². The number of halogens is 7. The molecule has 0 radical (unpaired) electrons. The normalized spacial score (nSPS) is 16.3. The molecule has 2 unspecified atom stereocenters. The van der Waals surface area contributed by atoms with Crippen molar-refractivity contribution in [2.75, 3.05) is 13.2 Å². The van der Waals surface area contributed by atoms with Gasteiger partial charge in [0.05, 0.1) is 43.3 Å². The number of carbonyl (C=O) groups excluding carboxylic acids is 1. The third-order valence-electron chi connectivity index (χ3n) is 13.4. The van der Waals surface area contributed by atoms with E-state index in [9.17, 15) is 13.2 Å². The van der Waals surface area contributed by atoms with Crippen molar-refractivity contribution in [1.82, 2.24) is 44.7 Å². The van der Waals surface area contributed by atoms with Crippen molar-refractivity contribution in [2.45, 2.75) is 89.9 Å². The van der Waals surface area contributed by atoms with Gasteiger partial charge in [0, 0.05) is 60.4 Å². The molecule has 3 aliphatic heterocycles. The van der Waals surface area contributed by atoms with Crippen molar-refractivity contribution in [1.29, 1.82) is 0 Å². The molecular weight excluding hydrogens is 1270 g/mol. The molecule has 19 nitrogen and oxygen atoms in total. The second-order valence-electron chi connectivity index (χ2n) is 19.9. The molecule has 3 aliphatic rings. The number of carbonyl (C=O) groups is 1. The van der Waals surface area contributed by atoms with Crippen molar-refractivity contribution in [3.8, 4) is 57.4 Å². The van der Waals surface area contributed by atoms with Gasteiger partial charge >= 0.3 is 36.7 Å². The molecule has 1 N–H and O–H groups in total. The summed E-state index contributed by atoms with van der Waals surface area (Å²) < 4.78 is 85.4. The fourth-order valence-corrected chi connectivity index (χ4v) is 9.10. The number of aromatic nitrogens is 9. The molecular formula is C59H56BBrCl3F3N9NaO10. The molecule has 450 valence electrons. The Balaban J connectivity index is 0.000000164. The van der Waals surface area contributed by atoms with Crippen LogP contribution in [0.1, 0.15) is 78.7 Å². The van der Waals surface area contributed by atoms with Crippen LogP contribution < -0.4 is 54.6 Å². The van der Waals surface area contributed by atoms with Gasteiger partial charge in [-0.05, 0) is 181 Å². The Morgan fingerprint density at radius 2 is 1.05 bits per heavy atom. The maximum absolute atomic E-state index is 13.8. The summed E-state index contributed by atoms with van der Waals surface area (Å²) in [6.45, 7) is 9.62. The largest absolute Gasteiger partial charge is 1.00 e. The van der Waals surface area contributed by atoms with E-state index in [2.05, 4.69) is 83.9 Å².